The van der Waals surface area contributed by atoms with Crippen LogP contribution in [0.3, 0.4) is 0 Å². The topological polar surface area (TPSA) is 9.23 Å². The second-order valence-corrected chi connectivity index (χ2v) is 2.66. The van der Waals surface area contributed by atoms with Crippen LogP contribution >= 0.6 is 0 Å². The Morgan fingerprint density at radius 3 is 2.10 bits per heavy atom. The first kappa shape index (κ1) is 10.0. The predicted molar refractivity (Wildman–Crippen MR) is 47.6 cm³/mol. The minimum absolute atomic E-state index is 0.506. The predicted octanol–water partition coefficient (Wildman–Crippen LogP) is 2.83. The minimum atomic E-state index is 0.506. The van der Waals surface area contributed by atoms with E-state index in [9.17, 15) is 0 Å². The van der Waals surface area contributed by atoms with Gasteiger partial charge in [0, 0.05) is 6.61 Å². The summed E-state index contributed by atoms with van der Waals surface area (Å²) in [6.45, 7) is 8.01. The van der Waals surface area contributed by atoms with Gasteiger partial charge in [0.25, 0.3) is 6.92 Å². The standard InChI is InChI=1S/C8H19BO/c1-4-7-8-10-9(5-2)6-3/h4-8H2,1-3H3. The van der Waals surface area contributed by atoms with E-state index in [2.05, 4.69) is 20.8 Å². The summed E-state index contributed by atoms with van der Waals surface area (Å²) in [6, 6.07) is 0. The van der Waals surface area contributed by atoms with Gasteiger partial charge in [-0.2, -0.15) is 0 Å². The molecule has 60 valence electrons. The summed E-state index contributed by atoms with van der Waals surface area (Å²) in [7, 11) is 0. The largest absolute Gasteiger partial charge is 0.436 e. The lowest BCUT2D eigenvalue weighted by Crippen LogP contribution is -2.15. The van der Waals surface area contributed by atoms with E-state index in [4.69, 9.17) is 4.65 Å². The second kappa shape index (κ2) is 7.14. The summed E-state index contributed by atoms with van der Waals surface area (Å²) in [5.74, 6) is 0. The molecule has 0 unspecified atom stereocenters. The third-order valence-corrected chi connectivity index (χ3v) is 1.76. The van der Waals surface area contributed by atoms with Crippen molar-refractivity contribution in [3.63, 3.8) is 0 Å². The molecule has 0 radical (unpaired) electrons. The summed E-state index contributed by atoms with van der Waals surface area (Å²) in [6.07, 6.45) is 4.75. The van der Waals surface area contributed by atoms with Gasteiger partial charge < -0.3 is 4.65 Å². The van der Waals surface area contributed by atoms with Crippen molar-refractivity contribution in [2.45, 2.75) is 46.3 Å². The fourth-order valence-electron chi connectivity index (χ4n) is 0.919. The maximum atomic E-state index is 5.58. The van der Waals surface area contributed by atoms with Gasteiger partial charge in [0.15, 0.2) is 0 Å². The van der Waals surface area contributed by atoms with Crippen molar-refractivity contribution in [2.24, 2.45) is 0 Å². The highest BCUT2D eigenvalue weighted by molar-refractivity contribution is 6.51. The fraction of sp³-hybridized carbons (Fsp3) is 1.00. The van der Waals surface area contributed by atoms with E-state index in [0.29, 0.717) is 6.92 Å². The van der Waals surface area contributed by atoms with Crippen LogP contribution in [0.2, 0.25) is 12.6 Å². The van der Waals surface area contributed by atoms with Gasteiger partial charge in [-0.25, -0.2) is 0 Å². The molecule has 0 atom stereocenters. The van der Waals surface area contributed by atoms with Crippen LogP contribution in [0, 0.1) is 0 Å². The fourth-order valence-corrected chi connectivity index (χ4v) is 0.919. The molecule has 0 aromatic heterocycles. The van der Waals surface area contributed by atoms with Crippen molar-refractivity contribution in [1.82, 2.24) is 0 Å². The number of hydrogen-bond donors (Lipinski definition) is 0. The molecule has 0 rings (SSSR count). The lowest BCUT2D eigenvalue weighted by Gasteiger charge is -2.08. The molecule has 0 saturated heterocycles. The van der Waals surface area contributed by atoms with Crippen molar-refractivity contribution in [3.05, 3.63) is 0 Å². The van der Waals surface area contributed by atoms with Crippen molar-refractivity contribution in [2.75, 3.05) is 6.61 Å². The smallest absolute Gasteiger partial charge is 0.292 e. The molecular formula is C8H19BO. The van der Waals surface area contributed by atoms with Gasteiger partial charge >= 0.3 is 0 Å². The highest BCUT2D eigenvalue weighted by Crippen LogP contribution is 2.00. The zero-order valence-electron chi connectivity index (χ0n) is 7.52. The quantitative estimate of drug-likeness (QED) is 0.409. The number of unbranched alkanes of at least 4 members (excludes halogenated alkanes) is 1. The maximum Gasteiger partial charge on any atom is 0.292 e. The maximum absolute atomic E-state index is 5.58. The summed E-state index contributed by atoms with van der Waals surface area (Å²) < 4.78 is 5.58. The van der Waals surface area contributed by atoms with Gasteiger partial charge in [-0.15, -0.1) is 0 Å². The van der Waals surface area contributed by atoms with Gasteiger partial charge in [-0.1, -0.05) is 39.8 Å². The van der Waals surface area contributed by atoms with Gasteiger partial charge in [-0.05, 0) is 6.42 Å². The van der Waals surface area contributed by atoms with E-state index in [1.807, 2.05) is 0 Å². The van der Waals surface area contributed by atoms with Crippen molar-refractivity contribution >= 4 is 6.92 Å². The average Bonchev–Trinajstić information content (AvgIpc) is 1.99. The zero-order valence-corrected chi connectivity index (χ0v) is 7.52. The highest BCUT2D eigenvalue weighted by atomic mass is 16.4. The van der Waals surface area contributed by atoms with E-state index in [1.165, 1.54) is 12.8 Å². The van der Waals surface area contributed by atoms with Gasteiger partial charge in [0.2, 0.25) is 0 Å². The molecule has 0 aliphatic heterocycles. The Kier molecular flexibility index (Phi) is 7.15. The minimum Gasteiger partial charge on any atom is -0.436 e. The molecular weight excluding hydrogens is 123 g/mol. The molecule has 0 spiro atoms. The van der Waals surface area contributed by atoms with Crippen molar-refractivity contribution < 1.29 is 4.65 Å². The molecule has 10 heavy (non-hydrogen) atoms. The van der Waals surface area contributed by atoms with Crippen molar-refractivity contribution in [3.8, 4) is 0 Å². The molecule has 0 saturated carbocycles. The third-order valence-electron chi connectivity index (χ3n) is 1.76. The molecule has 0 bridgehead atoms. The average molecular weight is 142 g/mol. The SMILES string of the molecule is CCCCOB(CC)CC. The number of rotatable bonds is 6. The Labute approximate surface area is 65.3 Å². The first-order chi connectivity index (χ1) is 4.85. The molecule has 0 aliphatic carbocycles. The van der Waals surface area contributed by atoms with Gasteiger partial charge in [-0.3, -0.25) is 0 Å². The second-order valence-electron chi connectivity index (χ2n) is 2.66. The van der Waals surface area contributed by atoms with E-state index in [1.54, 1.807) is 0 Å². The van der Waals surface area contributed by atoms with E-state index in [0.717, 1.165) is 19.2 Å². The van der Waals surface area contributed by atoms with Crippen LogP contribution in [0.4, 0.5) is 0 Å². The first-order valence-corrected chi connectivity index (χ1v) is 4.46. The van der Waals surface area contributed by atoms with Gasteiger partial charge in [0.05, 0.1) is 0 Å². The molecule has 0 aromatic carbocycles. The Morgan fingerprint density at radius 1 is 1.10 bits per heavy atom. The van der Waals surface area contributed by atoms with Crippen LogP contribution in [0.5, 0.6) is 0 Å². The summed E-state index contributed by atoms with van der Waals surface area (Å²) in [5, 5.41) is 0. The molecule has 0 N–H and O–H groups in total. The molecule has 2 heteroatoms. The van der Waals surface area contributed by atoms with E-state index in [-0.39, 0.29) is 0 Å². The van der Waals surface area contributed by atoms with E-state index >= 15 is 0 Å². The third kappa shape index (κ3) is 4.86. The van der Waals surface area contributed by atoms with Crippen LogP contribution in [0.1, 0.15) is 33.6 Å². The van der Waals surface area contributed by atoms with Crippen LogP contribution in [-0.2, 0) is 4.65 Å². The summed E-state index contributed by atoms with van der Waals surface area (Å²) in [5.41, 5.74) is 0. The lowest BCUT2D eigenvalue weighted by atomic mass is 9.63. The zero-order chi connectivity index (χ0) is 7.82. The van der Waals surface area contributed by atoms with Crippen molar-refractivity contribution in [1.29, 1.82) is 0 Å². The lowest BCUT2D eigenvalue weighted by molar-refractivity contribution is 0.311. The van der Waals surface area contributed by atoms with Crippen LogP contribution in [0.25, 0.3) is 0 Å². The summed E-state index contributed by atoms with van der Waals surface area (Å²) >= 11 is 0. The van der Waals surface area contributed by atoms with Crippen LogP contribution < -0.4 is 0 Å². The Balaban J connectivity index is 3.09. The molecule has 0 aliphatic rings. The first-order valence-electron chi connectivity index (χ1n) is 4.46. The Morgan fingerprint density at radius 2 is 1.70 bits per heavy atom. The van der Waals surface area contributed by atoms with Crippen LogP contribution in [0.15, 0.2) is 0 Å². The van der Waals surface area contributed by atoms with Gasteiger partial charge in [0.1, 0.15) is 0 Å². The van der Waals surface area contributed by atoms with Crippen LogP contribution in [-0.4, -0.2) is 13.5 Å². The normalized spacial score (nSPS) is 9.90. The Bertz CT molecular complexity index is 62.3. The molecule has 0 aromatic rings. The molecule has 0 amide bonds. The number of hydrogen-bond acceptors (Lipinski definition) is 1. The molecule has 0 fully saturated rings. The highest BCUT2D eigenvalue weighted by Gasteiger charge is 2.07. The monoisotopic (exact) mass is 142 g/mol. The summed E-state index contributed by atoms with van der Waals surface area (Å²) in [4.78, 5) is 0. The van der Waals surface area contributed by atoms with E-state index < -0.39 is 0 Å². The molecule has 0 heterocycles. The molecule has 1 nitrogen and oxygen atoms in total. The Hall–Kier alpha value is 0.0249.